The van der Waals surface area contributed by atoms with Crippen molar-refractivity contribution in [1.29, 1.82) is 0 Å². The molecule has 0 bridgehead atoms. The number of unbranched alkanes of at least 4 members (excludes halogenated alkanes) is 1. The Morgan fingerprint density at radius 3 is 2.23 bits per heavy atom. The van der Waals surface area contributed by atoms with Crippen molar-refractivity contribution in [3.05, 3.63) is 11.1 Å². The molecule has 0 amide bonds. The van der Waals surface area contributed by atoms with Crippen LogP contribution in [0.3, 0.4) is 0 Å². The highest BCUT2D eigenvalue weighted by atomic mass is 127. The SMILES string of the molecule is CCCC(CCCCC(C)CC1CC(C(C)CN(C)C(C)(C)I)C(C)=C2CC23CC13)C(CCC)C(C)CC(C)C. The number of hydrogen-bond donors (Lipinski definition) is 0. The quantitative estimate of drug-likeness (QED) is 0.0436. The van der Waals surface area contributed by atoms with E-state index in [1.807, 2.05) is 11.1 Å². The second-order valence-corrected chi connectivity index (χ2v) is 19.0. The molecule has 0 aromatic heterocycles. The van der Waals surface area contributed by atoms with Crippen LogP contribution in [0.5, 0.6) is 0 Å². The van der Waals surface area contributed by atoms with Crippen molar-refractivity contribution in [3.8, 4) is 0 Å². The van der Waals surface area contributed by atoms with Gasteiger partial charge in [-0.05, 0) is 119 Å². The van der Waals surface area contributed by atoms with Crippen LogP contribution in [-0.4, -0.2) is 22.0 Å². The van der Waals surface area contributed by atoms with Crippen LogP contribution in [-0.2, 0) is 0 Å². The molecule has 0 radical (unpaired) electrons. The van der Waals surface area contributed by atoms with Crippen LogP contribution in [0.2, 0.25) is 0 Å². The summed E-state index contributed by atoms with van der Waals surface area (Å²) in [5, 5.41) is 0. The molecule has 0 aliphatic heterocycles. The fraction of sp³-hybridized carbons (Fsp3) is 0.947. The van der Waals surface area contributed by atoms with Crippen molar-refractivity contribution in [1.82, 2.24) is 4.90 Å². The number of halogens is 1. The monoisotopic (exact) mass is 667 g/mol. The zero-order valence-electron chi connectivity index (χ0n) is 28.9. The van der Waals surface area contributed by atoms with E-state index in [9.17, 15) is 0 Å². The lowest BCUT2D eigenvalue weighted by molar-refractivity contribution is 0.172. The summed E-state index contributed by atoms with van der Waals surface area (Å²) < 4.78 is 0.230. The van der Waals surface area contributed by atoms with Crippen LogP contribution in [0.1, 0.15) is 153 Å². The highest BCUT2D eigenvalue weighted by molar-refractivity contribution is 14.1. The normalized spacial score (nSPS) is 30.0. The Bertz CT molecular complexity index is 807. The first kappa shape index (κ1) is 34.9. The molecule has 3 aliphatic rings. The molecule has 0 heterocycles. The lowest BCUT2D eigenvalue weighted by Gasteiger charge is -2.36. The first-order valence-electron chi connectivity index (χ1n) is 17.8. The molecule has 3 rings (SSSR count). The van der Waals surface area contributed by atoms with Gasteiger partial charge < -0.3 is 0 Å². The minimum Gasteiger partial charge on any atom is -0.292 e. The molecule has 9 unspecified atom stereocenters. The molecule has 3 aliphatic carbocycles. The molecule has 0 N–H and O–H groups in total. The average Bonchev–Trinajstić information content (AvgIpc) is 3.77. The summed E-state index contributed by atoms with van der Waals surface area (Å²) >= 11 is 2.61. The average molecular weight is 668 g/mol. The number of rotatable bonds is 19. The molecule has 2 fully saturated rings. The number of allylic oxidation sites excluding steroid dienone is 2. The Balaban J connectivity index is 1.52. The molecule has 0 aromatic rings. The number of alkyl halides is 1. The van der Waals surface area contributed by atoms with E-state index in [0.717, 1.165) is 53.3 Å². The van der Waals surface area contributed by atoms with Gasteiger partial charge in [0.05, 0.1) is 3.55 Å². The van der Waals surface area contributed by atoms with Gasteiger partial charge in [0.15, 0.2) is 0 Å². The van der Waals surface area contributed by atoms with Crippen molar-refractivity contribution in [2.24, 2.45) is 58.7 Å². The second kappa shape index (κ2) is 14.9. The van der Waals surface area contributed by atoms with Gasteiger partial charge in [0.1, 0.15) is 0 Å². The number of hydrogen-bond acceptors (Lipinski definition) is 1. The third kappa shape index (κ3) is 8.98. The maximum absolute atomic E-state index is 2.61. The molecule has 1 nitrogen and oxygen atoms in total. The molecule has 2 saturated carbocycles. The van der Waals surface area contributed by atoms with Crippen molar-refractivity contribution in [2.45, 2.75) is 156 Å². The molecule has 2 heteroatoms. The zero-order valence-corrected chi connectivity index (χ0v) is 31.1. The van der Waals surface area contributed by atoms with Gasteiger partial charge in [-0.3, -0.25) is 4.90 Å². The Morgan fingerprint density at radius 1 is 0.975 bits per heavy atom. The van der Waals surface area contributed by atoms with Gasteiger partial charge in [0.25, 0.3) is 0 Å². The zero-order chi connectivity index (χ0) is 29.8. The molecular weight excluding hydrogens is 597 g/mol. The van der Waals surface area contributed by atoms with Crippen LogP contribution < -0.4 is 0 Å². The van der Waals surface area contributed by atoms with Crippen LogP contribution in [0.25, 0.3) is 0 Å². The highest BCUT2D eigenvalue weighted by Gasteiger charge is 2.70. The van der Waals surface area contributed by atoms with Crippen molar-refractivity contribution < 1.29 is 0 Å². The third-order valence-electron chi connectivity index (χ3n) is 12.1. The van der Waals surface area contributed by atoms with Crippen LogP contribution >= 0.6 is 22.6 Å². The van der Waals surface area contributed by atoms with E-state index < -0.39 is 0 Å². The fourth-order valence-electron chi connectivity index (χ4n) is 9.61. The van der Waals surface area contributed by atoms with Crippen LogP contribution in [0, 0.1) is 58.7 Å². The Morgan fingerprint density at radius 2 is 1.62 bits per heavy atom. The van der Waals surface area contributed by atoms with Crippen LogP contribution in [0.15, 0.2) is 11.1 Å². The van der Waals surface area contributed by atoms with E-state index in [1.54, 1.807) is 0 Å². The van der Waals surface area contributed by atoms with E-state index in [4.69, 9.17) is 0 Å². The minimum atomic E-state index is 0.230. The lowest BCUT2D eigenvalue weighted by atomic mass is 9.72. The summed E-state index contributed by atoms with van der Waals surface area (Å²) in [4.78, 5) is 2.59. The van der Waals surface area contributed by atoms with Crippen molar-refractivity contribution >= 4 is 22.6 Å². The lowest BCUT2D eigenvalue weighted by Crippen LogP contribution is -2.40. The molecule has 40 heavy (non-hydrogen) atoms. The Hall–Kier alpha value is 0.430. The summed E-state index contributed by atoms with van der Waals surface area (Å²) in [6.07, 6.45) is 18.8. The molecular formula is C38H70IN. The molecule has 1 spiro atoms. The summed E-state index contributed by atoms with van der Waals surface area (Å²) in [6.45, 7) is 25.9. The summed E-state index contributed by atoms with van der Waals surface area (Å²) in [5.74, 6) is 8.07. The van der Waals surface area contributed by atoms with Gasteiger partial charge in [0.2, 0.25) is 0 Å². The van der Waals surface area contributed by atoms with Crippen molar-refractivity contribution in [3.63, 3.8) is 0 Å². The van der Waals surface area contributed by atoms with E-state index in [-0.39, 0.29) is 3.55 Å². The standard InChI is InChI=1S/C38H70IN/c1-12-16-31(33(17-13-2)28(6)20-26(3)4)19-15-14-18-27(5)21-32-22-34(29(7)25-40(11)37(9,10)39)30(8)35-23-38(35)24-36(32)38/h26-29,31-34,36H,12-25H2,1-11H3. The van der Waals surface area contributed by atoms with Gasteiger partial charge in [-0.2, -0.15) is 0 Å². The van der Waals surface area contributed by atoms with E-state index in [0.29, 0.717) is 5.41 Å². The summed E-state index contributed by atoms with van der Waals surface area (Å²) in [5.41, 5.74) is 4.43. The predicted octanol–water partition coefficient (Wildman–Crippen LogP) is 12.2. The van der Waals surface area contributed by atoms with Gasteiger partial charge in [0, 0.05) is 6.54 Å². The van der Waals surface area contributed by atoms with Gasteiger partial charge in [-0.1, -0.05) is 134 Å². The molecule has 0 aromatic carbocycles. The smallest absolute Gasteiger partial charge is 0.0670 e. The van der Waals surface area contributed by atoms with E-state index in [2.05, 4.69) is 104 Å². The second-order valence-electron chi connectivity index (χ2n) is 16.4. The Kier molecular flexibility index (Phi) is 13.0. The molecule has 0 saturated heterocycles. The van der Waals surface area contributed by atoms with Crippen molar-refractivity contribution in [2.75, 3.05) is 13.6 Å². The largest absolute Gasteiger partial charge is 0.292 e. The van der Waals surface area contributed by atoms with Gasteiger partial charge in [-0.25, -0.2) is 0 Å². The summed E-state index contributed by atoms with van der Waals surface area (Å²) in [6, 6.07) is 0. The van der Waals surface area contributed by atoms with Crippen LogP contribution in [0.4, 0.5) is 0 Å². The van der Waals surface area contributed by atoms with Gasteiger partial charge in [-0.15, -0.1) is 0 Å². The fourth-order valence-corrected chi connectivity index (χ4v) is 9.80. The maximum Gasteiger partial charge on any atom is 0.0670 e. The highest BCUT2D eigenvalue weighted by Crippen LogP contribution is 2.80. The molecule has 9 atom stereocenters. The van der Waals surface area contributed by atoms with E-state index in [1.165, 1.54) is 90.0 Å². The topological polar surface area (TPSA) is 3.24 Å². The number of nitrogens with zero attached hydrogens (tertiary/aromatic N) is 1. The van der Waals surface area contributed by atoms with Gasteiger partial charge >= 0.3 is 0 Å². The third-order valence-corrected chi connectivity index (χ3v) is 12.9. The summed E-state index contributed by atoms with van der Waals surface area (Å²) in [7, 11) is 2.33. The first-order chi connectivity index (χ1) is 18.7. The maximum atomic E-state index is 2.61. The Labute approximate surface area is 266 Å². The molecule has 234 valence electrons. The minimum absolute atomic E-state index is 0.230. The first-order valence-corrected chi connectivity index (χ1v) is 18.9. The van der Waals surface area contributed by atoms with E-state index >= 15 is 0 Å². The predicted molar refractivity (Wildman–Crippen MR) is 187 cm³/mol.